The van der Waals surface area contributed by atoms with Crippen molar-refractivity contribution in [1.82, 2.24) is 0 Å². The first-order chi connectivity index (χ1) is 13.1. The molecule has 0 unspecified atom stereocenters. The molecular formula is C21H17N3O3. The fourth-order valence-corrected chi connectivity index (χ4v) is 2.63. The predicted octanol–water partition coefficient (Wildman–Crippen LogP) is 3.09. The molecule has 0 spiro atoms. The summed E-state index contributed by atoms with van der Waals surface area (Å²) in [7, 11) is 0. The summed E-state index contributed by atoms with van der Waals surface area (Å²) in [6.45, 7) is 0. The van der Waals surface area contributed by atoms with Gasteiger partial charge in [0.2, 0.25) is 0 Å². The van der Waals surface area contributed by atoms with Crippen molar-refractivity contribution in [3.63, 3.8) is 0 Å². The normalized spacial score (nSPS) is 10.1. The average Bonchev–Trinajstić information content (AvgIpc) is 2.70. The number of nitrogens with one attached hydrogen (secondary N) is 1. The number of nitrogens with zero attached hydrogens (tertiary/aromatic N) is 1. The Morgan fingerprint density at radius 1 is 0.741 bits per heavy atom. The van der Waals surface area contributed by atoms with E-state index in [9.17, 15) is 14.4 Å². The predicted molar refractivity (Wildman–Crippen MR) is 104 cm³/mol. The lowest BCUT2D eigenvalue weighted by molar-refractivity contribution is -0.135. The second-order valence-corrected chi connectivity index (χ2v) is 5.68. The van der Waals surface area contributed by atoms with E-state index in [2.05, 4.69) is 5.32 Å². The van der Waals surface area contributed by atoms with Gasteiger partial charge in [0, 0.05) is 11.4 Å². The Morgan fingerprint density at radius 3 is 1.93 bits per heavy atom. The van der Waals surface area contributed by atoms with E-state index in [1.165, 1.54) is 0 Å². The standard InChI is InChI=1S/C21H17N3O3/c22-19(25)21(27)24(16-11-5-2-6-12-16)18-14-8-7-13-17(18)20(26)23-15-9-3-1-4-10-15/h1-14H,(H2,22,25)(H,23,26). The number of anilines is 3. The molecule has 6 heteroatoms. The summed E-state index contributed by atoms with van der Waals surface area (Å²) in [6.07, 6.45) is 0. The lowest BCUT2D eigenvalue weighted by Gasteiger charge is -2.23. The van der Waals surface area contributed by atoms with E-state index in [1.54, 1.807) is 78.9 Å². The van der Waals surface area contributed by atoms with Crippen LogP contribution in [0.4, 0.5) is 17.1 Å². The summed E-state index contributed by atoms with van der Waals surface area (Å²) in [5.41, 5.74) is 6.78. The van der Waals surface area contributed by atoms with E-state index in [1.807, 2.05) is 6.07 Å². The Kier molecular flexibility index (Phi) is 5.28. The zero-order valence-electron chi connectivity index (χ0n) is 14.3. The molecule has 3 aromatic carbocycles. The molecule has 0 aliphatic heterocycles. The van der Waals surface area contributed by atoms with Gasteiger partial charge in [0.1, 0.15) is 0 Å². The highest BCUT2D eigenvalue weighted by Gasteiger charge is 2.26. The number of carbonyl (C=O) groups is 3. The van der Waals surface area contributed by atoms with Crippen molar-refractivity contribution in [1.29, 1.82) is 0 Å². The van der Waals surface area contributed by atoms with Crippen molar-refractivity contribution in [3.05, 3.63) is 90.5 Å². The highest BCUT2D eigenvalue weighted by Crippen LogP contribution is 2.29. The molecule has 0 saturated heterocycles. The molecule has 0 fully saturated rings. The molecule has 27 heavy (non-hydrogen) atoms. The number of para-hydroxylation sites is 3. The van der Waals surface area contributed by atoms with Gasteiger partial charge in [0.25, 0.3) is 5.91 Å². The van der Waals surface area contributed by atoms with Crippen LogP contribution >= 0.6 is 0 Å². The number of rotatable bonds is 4. The van der Waals surface area contributed by atoms with Gasteiger partial charge in [-0.05, 0) is 36.4 Å². The maximum absolute atomic E-state index is 12.8. The highest BCUT2D eigenvalue weighted by molar-refractivity contribution is 6.42. The molecular weight excluding hydrogens is 342 g/mol. The number of carbonyl (C=O) groups excluding carboxylic acids is 3. The Hall–Kier alpha value is -3.93. The third kappa shape index (κ3) is 4.01. The minimum absolute atomic E-state index is 0.236. The minimum atomic E-state index is -1.11. The number of hydrogen-bond donors (Lipinski definition) is 2. The van der Waals surface area contributed by atoms with Crippen molar-refractivity contribution in [2.75, 3.05) is 10.2 Å². The van der Waals surface area contributed by atoms with E-state index < -0.39 is 17.7 Å². The molecule has 3 amide bonds. The maximum Gasteiger partial charge on any atom is 0.320 e. The fourth-order valence-electron chi connectivity index (χ4n) is 2.63. The van der Waals surface area contributed by atoms with Gasteiger partial charge in [-0.3, -0.25) is 19.3 Å². The summed E-state index contributed by atoms with van der Waals surface area (Å²) in [5, 5.41) is 2.78. The Labute approximate surface area is 156 Å². The van der Waals surface area contributed by atoms with E-state index in [4.69, 9.17) is 5.73 Å². The molecule has 0 heterocycles. The zero-order chi connectivity index (χ0) is 19.2. The van der Waals surface area contributed by atoms with Gasteiger partial charge in [-0.2, -0.15) is 0 Å². The lowest BCUT2D eigenvalue weighted by atomic mass is 10.1. The number of amides is 3. The van der Waals surface area contributed by atoms with E-state index in [-0.39, 0.29) is 11.3 Å². The van der Waals surface area contributed by atoms with Crippen LogP contribution in [-0.4, -0.2) is 17.7 Å². The summed E-state index contributed by atoms with van der Waals surface area (Å²) in [4.78, 5) is 38.0. The van der Waals surface area contributed by atoms with Gasteiger partial charge in [-0.15, -0.1) is 0 Å². The Morgan fingerprint density at radius 2 is 1.30 bits per heavy atom. The summed E-state index contributed by atoms with van der Waals surface area (Å²) in [5.74, 6) is -2.45. The van der Waals surface area contributed by atoms with Crippen molar-refractivity contribution in [2.45, 2.75) is 0 Å². The van der Waals surface area contributed by atoms with Crippen LogP contribution < -0.4 is 16.0 Å². The van der Waals surface area contributed by atoms with Crippen molar-refractivity contribution >= 4 is 34.8 Å². The van der Waals surface area contributed by atoms with Gasteiger partial charge in [0.05, 0.1) is 11.3 Å². The quantitative estimate of drug-likeness (QED) is 0.701. The maximum atomic E-state index is 12.8. The number of nitrogens with two attached hydrogens (primary N) is 1. The second-order valence-electron chi connectivity index (χ2n) is 5.68. The monoisotopic (exact) mass is 359 g/mol. The minimum Gasteiger partial charge on any atom is -0.361 e. The van der Waals surface area contributed by atoms with Crippen LogP contribution in [0.1, 0.15) is 10.4 Å². The smallest absolute Gasteiger partial charge is 0.320 e. The van der Waals surface area contributed by atoms with Gasteiger partial charge in [0.15, 0.2) is 0 Å². The molecule has 0 saturated carbocycles. The molecule has 3 rings (SSSR count). The largest absolute Gasteiger partial charge is 0.361 e. The van der Waals surface area contributed by atoms with E-state index in [0.29, 0.717) is 11.4 Å². The second kappa shape index (κ2) is 7.97. The molecule has 3 aromatic rings. The van der Waals surface area contributed by atoms with Crippen LogP contribution in [0, 0.1) is 0 Å². The summed E-state index contributed by atoms with van der Waals surface area (Å²) in [6, 6.07) is 24.0. The van der Waals surface area contributed by atoms with Crippen molar-refractivity contribution < 1.29 is 14.4 Å². The van der Waals surface area contributed by atoms with Gasteiger partial charge in [-0.25, -0.2) is 0 Å². The van der Waals surface area contributed by atoms with Crippen LogP contribution in [-0.2, 0) is 9.59 Å². The molecule has 0 bridgehead atoms. The average molecular weight is 359 g/mol. The molecule has 6 nitrogen and oxygen atoms in total. The fraction of sp³-hybridized carbons (Fsp3) is 0. The first-order valence-corrected chi connectivity index (χ1v) is 8.22. The third-order valence-electron chi connectivity index (χ3n) is 3.85. The summed E-state index contributed by atoms with van der Waals surface area (Å²) < 4.78 is 0. The van der Waals surface area contributed by atoms with Crippen LogP contribution in [0.5, 0.6) is 0 Å². The van der Waals surface area contributed by atoms with Crippen LogP contribution in [0.25, 0.3) is 0 Å². The molecule has 0 atom stereocenters. The van der Waals surface area contributed by atoms with Crippen LogP contribution in [0.15, 0.2) is 84.9 Å². The molecule has 0 radical (unpaired) electrons. The van der Waals surface area contributed by atoms with Crippen molar-refractivity contribution in [3.8, 4) is 0 Å². The van der Waals surface area contributed by atoms with Crippen LogP contribution in [0.2, 0.25) is 0 Å². The van der Waals surface area contributed by atoms with Gasteiger partial charge < -0.3 is 11.1 Å². The Bertz CT molecular complexity index is 972. The van der Waals surface area contributed by atoms with E-state index >= 15 is 0 Å². The topological polar surface area (TPSA) is 92.5 Å². The number of hydrogen-bond acceptors (Lipinski definition) is 3. The number of benzene rings is 3. The third-order valence-corrected chi connectivity index (χ3v) is 3.85. The number of primary amides is 1. The van der Waals surface area contributed by atoms with E-state index in [0.717, 1.165) is 4.90 Å². The first-order valence-electron chi connectivity index (χ1n) is 8.22. The van der Waals surface area contributed by atoms with Crippen molar-refractivity contribution in [2.24, 2.45) is 5.73 Å². The Balaban J connectivity index is 2.05. The van der Waals surface area contributed by atoms with Gasteiger partial charge >= 0.3 is 11.8 Å². The molecule has 0 aliphatic carbocycles. The highest BCUT2D eigenvalue weighted by atomic mass is 16.2. The first kappa shape index (κ1) is 17.9. The molecule has 134 valence electrons. The lowest BCUT2D eigenvalue weighted by Crippen LogP contribution is -2.38. The van der Waals surface area contributed by atoms with Crippen LogP contribution in [0.3, 0.4) is 0 Å². The zero-order valence-corrected chi connectivity index (χ0v) is 14.3. The molecule has 0 aliphatic rings. The summed E-state index contributed by atoms with van der Waals surface area (Å²) >= 11 is 0. The van der Waals surface area contributed by atoms with Gasteiger partial charge in [-0.1, -0.05) is 48.5 Å². The molecule has 3 N–H and O–H groups in total. The molecule has 0 aromatic heterocycles. The SMILES string of the molecule is NC(=O)C(=O)N(c1ccccc1)c1ccccc1C(=O)Nc1ccccc1.